The fraction of sp³-hybridized carbons (Fsp3) is 0.462. The van der Waals surface area contributed by atoms with Crippen molar-refractivity contribution in [2.45, 2.75) is 32.8 Å². The van der Waals surface area contributed by atoms with Gasteiger partial charge >= 0.3 is 0 Å². The summed E-state index contributed by atoms with van der Waals surface area (Å²) >= 11 is 4.99. The summed E-state index contributed by atoms with van der Waals surface area (Å²) in [7, 11) is 0. The molecule has 0 aliphatic rings. The lowest BCUT2D eigenvalue weighted by Crippen LogP contribution is -2.12. The Hall–Kier alpha value is -0.930. The van der Waals surface area contributed by atoms with Crippen LogP contribution in [0.1, 0.15) is 37.3 Å². The Bertz CT molecular complexity index is 338. The molecule has 0 amide bonds. The van der Waals surface area contributed by atoms with E-state index in [9.17, 15) is 0 Å². The van der Waals surface area contributed by atoms with Crippen LogP contribution in [0.25, 0.3) is 0 Å². The van der Waals surface area contributed by atoms with Crippen LogP contribution in [0, 0.1) is 0 Å². The average molecular weight is 237 g/mol. The molecular weight excluding hydrogens is 218 g/mol. The Morgan fingerprint density at radius 3 is 2.75 bits per heavy atom. The molecule has 0 heterocycles. The number of hydrogen-bond donors (Lipinski definition) is 1. The summed E-state index contributed by atoms with van der Waals surface area (Å²) in [5.41, 5.74) is 7.64. The van der Waals surface area contributed by atoms with Crippen molar-refractivity contribution in [2.75, 3.05) is 6.61 Å². The van der Waals surface area contributed by atoms with Crippen molar-refractivity contribution in [1.29, 1.82) is 0 Å². The van der Waals surface area contributed by atoms with Crippen LogP contribution in [0.3, 0.4) is 0 Å². The van der Waals surface area contributed by atoms with Crippen LogP contribution >= 0.6 is 12.2 Å². The van der Waals surface area contributed by atoms with Gasteiger partial charge in [-0.1, -0.05) is 56.2 Å². The standard InChI is InChI=1S/C13H19NOS/c1-2-3-6-9-15-10-11-7-4-5-8-12(11)13(14)16/h4-5,7-8H,2-3,6,9-10H2,1H3,(H2,14,16). The smallest absolute Gasteiger partial charge is 0.104 e. The van der Waals surface area contributed by atoms with Gasteiger partial charge in [-0.3, -0.25) is 0 Å². The van der Waals surface area contributed by atoms with Gasteiger partial charge in [0.15, 0.2) is 0 Å². The van der Waals surface area contributed by atoms with E-state index in [0.717, 1.165) is 24.2 Å². The van der Waals surface area contributed by atoms with Crippen molar-refractivity contribution < 1.29 is 4.74 Å². The van der Waals surface area contributed by atoms with Crippen molar-refractivity contribution >= 4 is 17.2 Å². The molecule has 0 saturated heterocycles. The molecule has 2 nitrogen and oxygen atoms in total. The molecule has 0 unspecified atom stereocenters. The molecule has 88 valence electrons. The van der Waals surface area contributed by atoms with Crippen LogP contribution < -0.4 is 5.73 Å². The summed E-state index contributed by atoms with van der Waals surface area (Å²) in [5, 5.41) is 0. The van der Waals surface area contributed by atoms with Crippen molar-refractivity contribution in [3.63, 3.8) is 0 Å². The zero-order valence-corrected chi connectivity index (χ0v) is 10.6. The third-order valence-corrected chi connectivity index (χ3v) is 2.65. The second-order valence-corrected chi connectivity index (χ2v) is 4.22. The molecule has 1 aromatic carbocycles. The van der Waals surface area contributed by atoms with E-state index in [1.807, 2.05) is 24.3 Å². The molecule has 0 fully saturated rings. The summed E-state index contributed by atoms with van der Waals surface area (Å²) < 4.78 is 5.60. The molecule has 1 aromatic rings. The van der Waals surface area contributed by atoms with Crippen LogP contribution in [0.15, 0.2) is 24.3 Å². The largest absolute Gasteiger partial charge is 0.389 e. The first-order chi connectivity index (χ1) is 7.75. The van der Waals surface area contributed by atoms with E-state index in [-0.39, 0.29) is 0 Å². The van der Waals surface area contributed by atoms with Gasteiger partial charge in [0.1, 0.15) is 4.99 Å². The van der Waals surface area contributed by atoms with Crippen LogP contribution in [-0.4, -0.2) is 11.6 Å². The highest BCUT2D eigenvalue weighted by atomic mass is 32.1. The molecular formula is C13H19NOS. The first kappa shape index (κ1) is 13.1. The number of rotatable bonds is 7. The third-order valence-electron chi connectivity index (χ3n) is 2.43. The van der Waals surface area contributed by atoms with Crippen LogP contribution in [0.5, 0.6) is 0 Å². The summed E-state index contributed by atoms with van der Waals surface area (Å²) in [5.74, 6) is 0. The fourth-order valence-corrected chi connectivity index (χ4v) is 1.72. The molecule has 0 spiro atoms. The van der Waals surface area contributed by atoms with Crippen LogP contribution in [0.2, 0.25) is 0 Å². The topological polar surface area (TPSA) is 35.2 Å². The first-order valence-electron chi connectivity index (χ1n) is 5.71. The van der Waals surface area contributed by atoms with E-state index in [1.54, 1.807) is 0 Å². The van der Waals surface area contributed by atoms with E-state index in [0.29, 0.717) is 11.6 Å². The number of unbranched alkanes of at least 4 members (excludes halogenated alkanes) is 2. The van der Waals surface area contributed by atoms with E-state index in [4.69, 9.17) is 22.7 Å². The fourth-order valence-electron chi connectivity index (χ4n) is 1.52. The van der Waals surface area contributed by atoms with Gasteiger partial charge in [0.2, 0.25) is 0 Å². The summed E-state index contributed by atoms with van der Waals surface area (Å²) in [6, 6.07) is 7.86. The van der Waals surface area contributed by atoms with Crippen LogP contribution in [0.4, 0.5) is 0 Å². The number of ether oxygens (including phenoxy) is 1. The van der Waals surface area contributed by atoms with Gasteiger partial charge < -0.3 is 10.5 Å². The zero-order valence-electron chi connectivity index (χ0n) is 9.74. The molecule has 3 heteroatoms. The van der Waals surface area contributed by atoms with Gasteiger partial charge in [0.05, 0.1) is 6.61 Å². The minimum Gasteiger partial charge on any atom is -0.389 e. The van der Waals surface area contributed by atoms with E-state index in [1.165, 1.54) is 12.8 Å². The number of hydrogen-bond acceptors (Lipinski definition) is 2. The number of thiocarbonyl (C=S) groups is 1. The maximum Gasteiger partial charge on any atom is 0.104 e. The van der Waals surface area contributed by atoms with Crippen molar-refractivity contribution in [3.8, 4) is 0 Å². The molecule has 2 N–H and O–H groups in total. The highest BCUT2D eigenvalue weighted by Gasteiger charge is 2.03. The van der Waals surface area contributed by atoms with Gasteiger partial charge in [-0.15, -0.1) is 0 Å². The zero-order chi connectivity index (χ0) is 11.8. The molecule has 0 aromatic heterocycles. The average Bonchev–Trinajstić information content (AvgIpc) is 2.29. The van der Waals surface area contributed by atoms with E-state index in [2.05, 4.69) is 6.92 Å². The van der Waals surface area contributed by atoms with Crippen molar-refractivity contribution in [2.24, 2.45) is 5.73 Å². The molecule has 0 radical (unpaired) electrons. The van der Waals surface area contributed by atoms with E-state index < -0.39 is 0 Å². The molecule has 1 rings (SSSR count). The predicted octanol–water partition coefficient (Wildman–Crippen LogP) is 3.03. The monoisotopic (exact) mass is 237 g/mol. The molecule has 16 heavy (non-hydrogen) atoms. The minimum atomic E-state index is 0.438. The van der Waals surface area contributed by atoms with Gasteiger partial charge in [-0.05, 0) is 12.0 Å². The Labute approximate surface area is 103 Å². The van der Waals surface area contributed by atoms with Gasteiger partial charge in [0.25, 0.3) is 0 Å². The highest BCUT2D eigenvalue weighted by molar-refractivity contribution is 7.80. The Morgan fingerprint density at radius 2 is 2.06 bits per heavy atom. The third kappa shape index (κ3) is 4.29. The van der Waals surface area contributed by atoms with Crippen molar-refractivity contribution in [3.05, 3.63) is 35.4 Å². The summed E-state index contributed by atoms with van der Waals surface area (Å²) in [4.78, 5) is 0.438. The minimum absolute atomic E-state index is 0.438. The molecule has 0 aliphatic heterocycles. The van der Waals surface area contributed by atoms with Gasteiger partial charge in [0, 0.05) is 12.2 Å². The Kier molecular flexibility index (Phi) is 6.04. The summed E-state index contributed by atoms with van der Waals surface area (Å²) in [6.45, 7) is 3.58. The maximum absolute atomic E-state index is 5.64. The second kappa shape index (κ2) is 7.36. The van der Waals surface area contributed by atoms with Gasteiger partial charge in [-0.2, -0.15) is 0 Å². The molecule has 0 aliphatic carbocycles. The van der Waals surface area contributed by atoms with Gasteiger partial charge in [-0.25, -0.2) is 0 Å². The second-order valence-electron chi connectivity index (χ2n) is 3.78. The van der Waals surface area contributed by atoms with Crippen LogP contribution in [-0.2, 0) is 11.3 Å². The normalized spacial score (nSPS) is 10.3. The molecule has 0 atom stereocenters. The summed E-state index contributed by atoms with van der Waals surface area (Å²) in [6.07, 6.45) is 3.55. The Morgan fingerprint density at radius 1 is 1.31 bits per heavy atom. The lowest BCUT2D eigenvalue weighted by atomic mass is 10.1. The maximum atomic E-state index is 5.64. The Balaban J connectivity index is 2.44. The lowest BCUT2D eigenvalue weighted by molar-refractivity contribution is 0.117. The van der Waals surface area contributed by atoms with E-state index >= 15 is 0 Å². The first-order valence-corrected chi connectivity index (χ1v) is 6.12. The number of nitrogens with two attached hydrogens (primary N) is 1. The molecule has 0 bridgehead atoms. The number of benzene rings is 1. The lowest BCUT2D eigenvalue weighted by Gasteiger charge is -2.08. The quantitative estimate of drug-likeness (QED) is 0.585. The van der Waals surface area contributed by atoms with Crippen molar-refractivity contribution in [1.82, 2.24) is 0 Å². The predicted molar refractivity (Wildman–Crippen MR) is 71.5 cm³/mol. The molecule has 0 saturated carbocycles. The SMILES string of the molecule is CCCCCOCc1ccccc1C(N)=S. The highest BCUT2D eigenvalue weighted by Crippen LogP contribution is 2.10.